The molecule has 0 atom stereocenters. The van der Waals surface area contributed by atoms with Gasteiger partial charge in [-0.3, -0.25) is 9.59 Å². The van der Waals surface area contributed by atoms with Crippen LogP contribution in [0, 0.1) is 13.8 Å². The van der Waals surface area contributed by atoms with E-state index in [4.69, 9.17) is 4.74 Å². The van der Waals surface area contributed by atoms with Crippen molar-refractivity contribution in [2.75, 3.05) is 17.7 Å². The van der Waals surface area contributed by atoms with E-state index in [1.807, 2.05) is 26.0 Å². The molecular weight excluding hydrogens is 316 g/mol. The number of hydrogen-bond acceptors (Lipinski definition) is 3. The fourth-order valence-corrected chi connectivity index (χ4v) is 2.54. The average molecular weight is 338 g/mol. The highest BCUT2D eigenvalue weighted by Crippen LogP contribution is 2.23. The Morgan fingerprint density at radius 1 is 1.00 bits per heavy atom. The molecule has 25 heavy (non-hydrogen) atoms. The molecule has 130 valence electrons. The molecule has 0 radical (unpaired) electrons. The summed E-state index contributed by atoms with van der Waals surface area (Å²) in [6, 6.07) is 10.9. The van der Waals surface area contributed by atoms with Gasteiger partial charge in [0.15, 0.2) is 0 Å². The van der Waals surface area contributed by atoms with Crippen LogP contribution in [-0.2, 0) is 9.59 Å². The maximum atomic E-state index is 12.2. The molecule has 5 nitrogen and oxygen atoms in total. The molecular formula is C20H22N2O3. The predicted molar refractivity (Wildman–Crippen MR) is 101 cm³/mol. The lowest BCUT2D eigenvalue weighted by Crippen LogP contribution is -2.09. The van der Waals surface area contributed by atoms with E-state index in [-0.39, 0.29) is 11.8 Å². The summed E-state index contributed by atoms with van der Waals surface area (Å²) in [5.74, 6) is 0.398. The Hall–Kier alpha value is -3.08. The number of benzene rings is 2. The number of carbonyl (C=O) groups is 2. The molecule has 0 aliphatic rings. The van der Waals surface area contributed by atoms with Gasteiger partial charge in [-0.1, -0.05) is 6.07 Å². The summed E-state index contributed by atoms with van der Waals surface area (Å²) in [7, 11) is 1.63. The monoisotopic (exact) mass is 338 g/mol. The highest BCUT2D eigenvalue weighted by Gasteiger charge is 2.05. The van der Waals surface area contributed by atoms with Crippen molar-refractivity contribution in [3.05, 3.63) is 59.2 Å². The molecule has 2 aromatic rings. The van der Waals surface area contributed by atoms with Crippen LogP contribution < -0.4 is 15.4 Å². The zero-order valence-electron chi connectivity index (χ0n) is 14.8. The number of hydrogen-bond donors (Lipinski definition) is 2. The second-order valence-corrected chi connectivity index (χ2v) is 5.76. The molecule has 2 aromatic carbocycles. The third-order valence-electron chi connectivity index (χ3n) is 3.65. The fourth-order valence-electron chi connectivity index (χ4n) is 2.54. The molecule has 2 amide bonds. The van der Waals surface area contributed by atoms with Gasteiger partial charge in [0.1, 0.15) is 5.75 Å². The van der Waals surface area contributed by atoms with E-state index in [0.717, 1.165) is 22.4 Å². The Labute approximate surface area is 147 Å². The van der Waals surface area contributed by atoms with Crippen LogP contribution in [0.5, 0.6) is 5.75 Å². The molecule has 0 aromatic heterocycles. The van der Waals surface area contributed by atoms with Gasteiger partial charge in [-0.15, -0.1) is 0 Å². The first kappa shape index (κ1) is 18.3. The molecule has 0 saturated carbocycles. The molecule has 0 saturated heterocycles. The molecule has 0 spiro atoms. The van der Waals surface area contributed by atoms with Crippen LogP contribution in [0.25, 0.3) is 6.08 Å². The lowest BCUT2D eigenvalue weighted by Gasteiger charge is -2.09. The van der Waals surface area contributed by atoms with Crippen LogP contribution in [0.4, 0.5) is 11.4 Å². The highest BCUT2D eigenvalue weighted by atomic mass is 16.5. The normalized spacial score (nSPS) is 10.6. The minimum atomic E-state index is -0.241. The van der Waals surface area contributed by atoms with Crippen molar-refractivity contribution >= 4 is 29.3 Å². The maximum Gasteiger partial charge on any atom is 0.248 e. The van der Waals surface area contributed by atoms with E-state index in [9.17, 15) is 9.59 Å². The van der Waals surface area contributed by atoms with Gasteiger partial charge in [0, 0.05) is 24.4 Å². The Morgan fingerprint density at radius 2 is 1.60 bits per heavy atom. The molecule has 0 bridgehead atoms. The number of anilines is 2. The van der Waals surface area contributed by atoms with Gasteiger partial charge in [0.25, 0.3) is 0 Å². The van der Waals surface area contributed by atoms with Crippen LogP contribution in [0.1, 0.15) is 23.6 Å². The zero-order valence-corrected chi connectivity index (χ0v) is 14.8. The SMILES string of the molecule is COc1cc(C)c(/C=C/C(=O)Nc2cccc(NC(C)=O)c2)c(C)c1. The lowest BCUT2D eigenvalue weighted by molar-refractivity contribution is -0.114. The molecule has 2 N–H and O–H groups in total. The van der Waals surface area contributed by atoms with Crippen LogP contribution in [0.3, 0.4) is 0 Å². The first-order chi connectivity index (χ1) is 11.9. The summed E-state index contributed by atoms with van der Waals surface area (Å²) < 4.78 is 5.24. The van der Waals surface area contributed by atoms with Crippen LogP contribution in [0.15, 0.2) is 42.5 Å². The van der Waals surface area contributed by atoms with Gasteiger partial charge < -0.3 is 15.4 Å². The first-order valence-corrected chi connectivity index (χ1v) is 7.91. The summed E-state index contributed by atoms with van der Waals surface area (Å²) >= 11 is 0. The van der Waals surface area contributed by atoms with Crippen LogP contribution >= 0.6 is 0 Å². The molecule has 0 unspecified atom stereocenters. The van der Waals surface area contributed by atoms with Gasteiger partial charge in [-0.05, 0) is 66.9 Å². The minimum absolute atomic E-state index is 0.158. The summed E-state index contributed by atoms with van der Waals surface area (Å²) in [5.41, 5.74) is 4.31. The van der Waals surface area contributed by atoms with E-state index in [1.165, 1.54) is 13.0 Å². The fraction of sp³-hybridized carbons (Fsp3) is 0.200. The van der Waals surface area contributed by atoms with E-state index >= 15 is 0 Å². The lowest BCUT2D eigenvalue weighted by atomic mass is 10.0. The van der Waals surface area contributed by atoms with Crippen molar-refractivity contribution in [1.82, 2.24) is 0 Å². The summed E-state index contributed by atoms with van der Waals surface area (Å²) in [4.78, 5) is 23.3. The third kappa shape index (κ3) is 5.21. The number of aryl methyl sites for hydroxylation is 2. The predicted octanol–water partition coefficient (Wildman–Crippen LogP) is 3.92. The molecule has 0 heterocycles. The van der Waals surface area contributed by atoms with Gasteiger partial charge in [0.05, 0.1) is 7.11 Å². The quantitative estimate of drug-likeness (QED) is 0.812. The van der Waals surface area contributed by atoms with E-state index in [0.29, 0.717) is 11.4 Å². The molecule has 0 fully saturated rings. The van der Waals surface area contributed by atoms with Crippen molar-refractivity contribution in [3.63, 3.8) is 0 Å². The zero-order chi connectivity index (χ0) is 18.4. The Morgan fingerprint density at radius 3 is 2.16 bits per heavy atom. The second-order valence-electron chi connectivity index (χ2n) is 5.76. The smallest absolute Gasteiger partial charge is 0.248 e. The highest BCUT2D eigenvalue weighted by molar-refractivity contribution is 6.02. The summed E-state index contributed by atoms with van der Waals surface area (Å²) in [6.45, 7) is 5.39. The second kappa shape index (κ2) is 8.15. The minimum Gasteiger partial charge on any atom is -0.497 e. The van der Waals surface area contributed by atoms with Crippen molar-refractivity contribution in [2.45, 2.75) is 20.8 Å². The first-order valence-electron chi connectivity index (χ1n) is 7.91. The standard InChI is InChI=1S/C20H22N2O3/c1-13-10-18(25-4)11-14(2)19(13)8-9-20(24)22-17-7-5-6-16(12-17)21-15(3)23/h5-12H,1-4H3,(H,21,23)(H,22,24)/b9-8+. The van der Waals surface area contributed by atoms with E-state index in [2.05, 4.69) is 10.6 Å². The molecule has 2 rings (SSSR count). The molecule has 0 aliphatic heterocycles. The van der Waals surface area contributed by atoms with E-state index < -0.39 is 0 Å². The number of nitrogens with one attached hydrogen (secondary N) is 2. The largest absolute Gasteiger partial charge is 0.497 e. The van der Waals surface area contributed by atoms with Crippen molar-refractivity contribution in [1.29, 1.82) is 0 Å². The summed E-state index contributed by atoms with van der Waals surface area (Å²) in [5, 5.41) is 5.47. The maximum absolute atomic E-state index is 12.2. The average Bonchev–Trinajstić information content (AvgIpc) is 2.53. The number of amides is 2. The van der Waals surface area contributed by atoms with Gasteiger partial charge in [0.2, 0.25) is 11.8 Å². The Bertz CT molecular complexity index is 802. The van der Waals surface area contributed by atoms with Crippen LogP contribution in [0.2, 0.25) is 0 Å². The van der Waals surface area contributed by atoms with Crippen molar-refractivity contribution in [3.8, 4) is 5.75 Å². The Kier molecular flexibility index (Phi) is 5.95. The van der Waals surface area contributed by atoms with Gasteiger partial charge >= 0.3 is 0 Å². The van der Waals surface area contributed by atoms with Gasteiger partial charge in [-0.2, -0.15) is 0 Å². The van der Waals surface area contributed by atoms with Crippen molar-refractivity contribution < 1.29 is 14.3 Å². The summed E-state index contributed by atoms with van der Waals surface area (Å²) in [6.07, 6.45) is 3.28. The third-order valence-corrected chi connectivity index (χ3v) is 3.65. The number of methoxy groups -OCH3 is 1. The van der Waals surface area contributed by atoms with Gasteiger partial charge in [-0.25, -0.2) is 0 Å². The Balaban J connectivity index is 2.10. The number of carbonyl (C=O) groups excluding carboxylic acids is 2. The van der Waals surface area contributed by atoms with Crippen LogP contribution in [-0.4, -0.2) is 18.9 Å². The number of rotatable bonds is 5. The van der Waals surface area contributed by atoms with Crippen molar-refractivity contribution in [2.24, 2.45) is 0 Å². The molecule has 0 aliphatic carbocycles. The molecule has 5 heteroatoms. The number of ether oxygens (including phenoxy) is 1. The van der Waals surface area contributed by atoms with E-state index in [1.54, 1.807) is 37.5 Å². The topological polar surface area (TPSA) is 67.4 Å².